The molecular weight excluding hydrogens is 216 g/mol. The van der Waals surface area contributed by atoms with Crippen molar-refractivity contribution in [2.45, 2.75) is 31.4 Å². The molecule has 0 amide bonds. The van der Waals surface area contributed by atoms with Crippen molar-refractivity contribution in [3.8, 4) is 0 Å². The summed E-state index contributed by atoms with van der Waals surface area (Å²) in [6.45, 7) is 0. The zero-order chi connectivity index (χ0) is 11.7. The van der Waals surface area contributed by atoms with E-state index in [1.807, 2.05) is 18.3 Å². The molecule has 1 N–H and O–H groups in total. The predicted octanol–water partition coefficient (Wildman–Crippen LogP) is 1.71. The van der Waals surface area contributed by atoms with Gasteiger partial charge in [0.25, 0.3) is 0 Å². The Morgan fingerprint density at radius 1 is 1.41 bits per heavy atom. The number of rotatable bonds is 3. The quantitative estimate of drug-likeness (QED) is 0.875. The number of anilines is 1. The standard InChI is InChI=1S/C12H16N4O/c1-17-10-3-2-9(8-10)14-11-5-7-16-12(15-11)4-6-13-16/h4-7,9-10H,2-3,8H2,1H3,(H,14,15). The molecule has 1 aliphatic carbocycles. The number of nitrogens with zero attached hydrogens (tertiary/aromatic N) is 3. The molecule has 0 spiro atoms. The van der Waals surface area contributed by atoms with Gasteiger partial charge in [-0.15, -0.1) is 0 Å². The fourth-order valence-electron chi connectivity index (χ4n) is 2.39. The molecule has 1 saturated carbocycles. The highest BCUT2D eigenvalue weighted by Gasteiger charge is 2.24. The van der Waals surface area contributed by atoms with E-state index in [9.17, 15) is 0 Å². The van der Waals surface area contributed by atoms with Crippen molar-refractivity contribution in [1.82, 2.24) is 14.6 Å². The zero-order valence-electron chi connectivity index (χ0n) is 9.84. The van der Waals surface area contributed by atoms with Crippen LogP contribution in [0.25, 0.3) is 5.65 Å². The first-order valence-electron chi connectivity index (χ1n) is 5.95. The third kappa shape index (κ3) is 2.10. The van der Waals surface area contributed by atoms with Crippen LogP contribution in [0.5, 0.6) is 0 Å². The summed E-state index contributed by atoms with van der Waals surface area (Å²) in [5.41, 5.74) is 0.872. The molecule has 2 aromatic rings. The van der Waals surface area contributed by atoms with Gasteiger partial charge in [0.2, 0.25) is 0 Å². The maximum absolute atomic E-state index is 5.36. The van der Waals surface area contributed by atoms with Gasteiger partial charge < -0.3 is 10.1 Å². The van der Waals surface area contributed by atoms with E-state index in [1.165, 1.54) is 0 Å². The van der Waals surface area contributed by atoms with Crippen molar-refractivity contribution in [3.63, 3.8) is 0 Å². The molecule has 5 nitrogen and oxygen atoms in total. The molecule has 0 aliphatic heterocycles. The van der Waals surface area contributed by atoms with Crippen LogP contribution in [-0.4, -0.2) is 33.9 Å². The molecule has 1 fully saturated rings. The molecule has 0 aromatic carbocycles. The van der Waals surface area contributed by atoms with Crippen LogP contribution in [0.1, 0.15) is 19.3 Å². The Kier molecular flexibility index (Phi) is 2.68. The number of aromatic nitrogens is 3. The average molecular weight is 232 g/mol. The molecule has 2 aromatic heterocycles. The van der Waals surface area contributed by atoms with E-state index in [-0.39, 0.29) is 0 Å². The molecule has 90 valence electrons. The second-order valence-electron chi connectivity index (χ2n) is 4.46. The first-order valence-corrected chi connectivity index (χ1v) is 5.95. The van der Waals surface area contributed by atoms with Crippen molar-refractivity contribution < 1.29 is 4.74 Å². The molecule has 2 unspecified atom stereocenters. The third-order valence-electron chi connectivity index (χ3n) is 3.33. The molecular formula is C12H16N4O. The predicted molar refractivity (Wildman–Crippen MR) is 65.0 cm³/mol. The molecule has 2 atom stereocenters. The lowest BCUT2D eigenvalue weighted by Crippen LogP contribution is -2.18. The van der Waals surface area contributed by atoms with E-state index < -0.39 is 0 Å². The van der Waals surface area contributed by atoms with Gasteiger partial charge in [-0.1, -0.05) is 0 Å². The number of hydrogen-bond donors (Lipinski definition) is 1. The minimum Gasteiger partial charge on any atom is -0.381 e. The van der Waals surface area contributed by atoms with Crippen LogP contribution in [-0.2, 0) is 4.74 Å². The van der Waals surface area contributed by atoms with Gasteiger partial charge in [0.05, 0.1) is 12.3 Å². The number of methoxy groups -OCH3 is 1. The Balaban J connectivity index is 1.72. The van der Waals surface area contributed by atoms with Gasteiger partial charge in [0, 0.05) is 25.4 Å². The number of fused-ring (bicyclic) bond motifs is 1. The SMILES string of the molecule is COC1CCC(Nc2ccn3nccc3n2)C1. The van der Waals surface area contributed by atoms with Crippen LogP contribution in [0.3, 0.4) is 0 Å². The molecule has 0 saturated heterocycles. The minimum atomic E-state index is 0.395. The first-order chi connectivity index (χ1) is 8.35. The van der Waals surface area contributed by atoms with Crippen LogP contribution in [0, 0.1) is 0 Å². The Hall–Kier alpha value is -1.62. The lowest BCUT2D eigenvalue weighted by atomic mass is 10.2. The largest absolute Gasteiger partial charge is 0.381 e. The normalized spacial score (nSPS) is 24.3. The lowest BCUT2D eigenvalue weighted by molar-refractivity contribution is 0.108. The van der Waals surface area contributed by atoms with E-state index in [1.54, 1.807) is 17.8 Å². The first kappa shape index (κ1) is 10.5. The summed E-state index contributed by atoms with van der Waals surface area (Å²) in [6, 6.07) is 4.33. The van der Waals surface area contributed by atoms with Crippen molar-refractivity contribution in [1.29, 1.82) is 0 Å². The highest BCUT2D eigenvalue weighted by molar-refractivity contribution is 5.45. The fraction of sp³-hybridized carbons (Fsp3) is 0.500. The molecule has 5 heteroatoms. The molecule has 3 rings (SSSR count). The molecule has 0 radical (unpaired) electrons. The second kappa shape index (κ2) is 4.33. The third-order valence-corrected chi connectivity index (χ3v) is 3.33. The van der Waals surface area contributed by atoms with Crippen molar-refractivity contribution in [2.24, 2.45) is 0 Å². The molecule has 2 heterocycles. The van der Waals surface area contributed by atoms with Crippen LogP contribution >= 0.6 is 0 Å². The summed E-state index contributed by atoms with van der Waals surface area (Å²) in [5, 5.41) is 7.58. The molecule has 0 bridgehead atoms. The summed E-state index contributed by atoms with van der Waals surface area (Å²) >= 11 is 0. The highest BCUT2D eigenvalue weighted by atomic mass is 16.5. The Labute approximate surface area is 99.8 Å². The van der Waals surface area contributed by atoms with Gasteiger partial charge in [0.15, 0.2) is 5.65 Å². The molecule has 1 aliphatic rings. The summed E-state index contributed by atoms with van der Waals surface area (Å²) in [7, 11) is 1.78. The topological polar surface area (TPSA) is 51.5 Å². The van der Waals surface area contributed by atoms with Gasteiger partial charge in [-0.05, 0) is 25.3 Å². The monoisotopic (exact) mass is 232 g/mol. The maximum Gasteiger partial charge on any atom is 0.157 e. The Bertz CT molecular complexity index is 510. The maximum atomic E-state index is 5.36. The zero-order valence-corrected chi connectivity index (χ0v) is 9.84. The fourth-order valence-corrected chi connectivity index (χ4v) is 2.39. The second-order valence-corrected chi connectivity index (χ2v) is 4.46. The van der Waals surface area contributed by atoms with Crippen LogP contribution < -0.4 is 5.32 Å². The summed E-state index contributed by atoms with van der Waals surface area (Å²) in [4.78, 5) is 4.50. The smallest absolute Gasteiger partial charge is 0.157 e. The minimum absolute atomic E-state index is 0.395. The van der Waals surface area contributed by atoms with E-state index >= 15 is 0 Å². The van der Waals surface area contributed by atoms with Crippen molar-refractivity contribution >= 4 is 11.5 Å². The van der Waals surface area contributed by atoms with Crippen LogP contribution in [0.4, 0.5) is 5.82 Å². The van der Waals surface area contributed by atoms with Gasteiger partial charge in [-0.2, -0.15) is 5.10 Å². The van der Waals surface area contributed by atoms with Crippen LogP contribution in [0.15, 0.2) is 24.5 Å². The van der Waals surface area contributed by atoms with Gasteiger partial charge in [-0.3, -0.25) is 0 Å². The molecule has 17 heavy (non-hydrogen) atoms. The Morgan fingerprint density at radius 2 is 2.35 bits per heavy atom. The number of ether oxygens (including phenoxy) is 1. The summed E-state index contributed by atoms with van der Waals surface area (Å²) in [6.07, 6.45) is 7.40. The average Bonchev–Trinajstić information content (AvgIpc) is 2.96. The number of hydrogen-bond acceptors (Lipinski definition) is 4. The van der Waals surface area contributed by atoms with E-state index in [2.05, 4.69) is 15.4 Å². The number of nitrogens with one attached hydrogen (secondary N) is 1. The van der Waals surface area contributed by atoms with Crippen molar-refractivity contribution in [2.75, 3.05) is 12.4 Å². The summed E-state index contributed by atoms with van der Waals surface area (Å²) < 4.78 is 7.12. The van der Waals surface area contributed by atoms with Gasteiger partial charge in [-0.25, -0.2) is 9.50 Å². The van der Waals surface area contributed by atoms with Gasteiger partial charge >= 0.3 is 0 Å². The van der Waals surface area contributed by atoms with E-state index in [0.717, 1.165) is 30.7 Å². The van der Waals surface area contributed by atoms with E-state index in [4.69, 9.17) is 4.74 Å². The lowest BCUT2D eigenvalue weighted by Gasteiger charge is -2.13. The van der Waals surface area contributed by atoms with E-state index in [0.29, 0.717) is 12.1 Å². The highest BCUT2D eigenvalue weighted by Crippen LogP contribution is 2.24. The van der Waals surface area contributed by atoms with Crippen molar-refractivity contribution in [3.05, 3.63) is 24.5 Å². The van der Waals surface area contributed by atoms with Crippen LogP contribution in [0.2, 0.25) is 0 Å². The van der Waals surface area contributed by atoms with Gasteiger partial charge in [0.1, 0.15) is 5.82 Å². The Morgan fingerprint density at radius 3 is 3.18 bits per heavy atom. The summed E-state index contributed by atoms with van der Waals surface area (Å²) in [5.74, 6) is 0.916.